The van der Waals surface area contributed by atoms with E-state index < -0.39 is 0 Å². The number of oxazole rings is 1. The summed E-state index contributed by atoms with van der Waals surface area (Å²) in [6, 6.07) is 1.97. The molecule has 3 aromatic heterocycles. The molecule has 102 valence electrons. The maximum absolute atomic E-state index is 12.1. The maximum atomic E-state index is 12.1. The normalized spacial score (nSPS) is 10.9. The van der Waals surface area contributed by atoms with Gasteiger partial charge in [-0.25, -0.2) is 9.97 Å². The number of aromatic nitrogens is 3. The molecular weight excluding hydrogens is 276 g/mol. The lowest BCUT2D eigenvalue weighted by atomic mass is 10.2. The van der Waals surface area contributed by atoms with Crippen LogP contribution in [-0.2, 0) is 0 Å². The lowest BCUT2D eigenvalue weighted by Gasteiger charge is -2.03. The number of carbonyl (C=O) groups is 1. The molecule has 0 atom stereocenters. The zero-order valence-electron chi connectivity index (χ0n) is 11.2. The number of pyridine rings is 1. The van der Waals surface area contributed by atoms with Crippen molar-refractivity contribution in [3.63, 3.8) is 0 Å². The summed E-state index contributed by atoms with van der Waals surface area (Å²) in [4.78, 5) is 21.3. The Bertz CT molecular complexity index is 806. The van der Waals surface area contributed by atoms with Crippen LogP contribution in [0.2, 0.25) is 0 Å². The van der Waals surface area contributed by atoms with Crippen LogP contribution in [0.3, 0.4) is 0 Å². The molecule has 3 aromatic rings. The highest BCUT2D eigenvalue weighted by molar-refractivity contribution is 7.13. The van der Waals surface area contributed by atoms with Gasteiger partial charge < -0.3 is 9.73 Å². The summed E-state index contributed by atoms with van der Waals surface area (Å²) < 4.78 is 9.30. The Labute approximate surface area is 119 Å². The highest BCUT2D eigenvalue weighted by atomic mass is 32.1. The highest BCUT2D eigenvalue weighted by Gasteiger charge is 2.18. The number of nitrogens with zero attached hydrogens (tertiary/aromatic N) is 3. The molecule has 0 fully saturated rings. The van der Waals surface area contributed by atoms with Crippen LogP contribution in [0.1, 0.15) is 27.5 Å². The molecule has 0 spiro atoms. The first-order chi connectivity index (χ1) is 9.56. The van der Waals surface area contributed by atoms with Gasteiger partial charge in [-0.15, -0.1) is 0 Å². The molecular formula is C13H12N4O2S. The van der Waals surface area contributed by atoms with Gasteiger partial charge in [0.15, 0.2) is 17.9 Å². The van der Waals surface area contributed by atoms with E-state index in [9.17, 15) is 4.79 Å². The number of carbonyl (C=O) groups excluding carboxylic acids is 1. The molecule has 0 aromatic carbocycles. The van der Waals surface area contributed by atoms with Crippen molar-refractivity contribution in [3.8, 4) is 0 Å². The number of nitrogens with one attached hydrogen (secondary N) is 1. The van der Waals surface area contributed by atoms with Crippen molar-refractivity contribution in [2.24, 2.45) is 0 Å². The van der Waals surface area contributed by atoms with Crippen molar-refractivity contribution >= 4 is 33.5 Å². The van der Waals surface area contributed by atoms with Crippen LogP contribution in [0.15, 0.2) is 16.9 Å². The van der Waals surface area contributed by atoms with E-state index in [1.54, 1.807) is 6.92 Å². The summed E-state index contributed by atoms with van der Waals surface area (Å²) in [5, 5.41) is 3.64. The number of amides is 1. The van der Waals surface area contributed by atoms with Gasteiger partial charge in [0.2, 0.25) is 0 Å². The second-order valence-electron chi connectivity index (χ2n) is 4.50. The third-order valence-corrected chi connectivity index (χ3v) is 3.71. The molecule has 0 aliphatic heterocycles. The summed E-state index contributed by atoms with van der Waals surface area (Å²) in [5.41, 5.74) is 2.24. The first-order valence-corrected chi connectivity index (χ1v) is 6.78. The van der Waals surface area contributed by atoms with Gasteiger partial charge in [0.1, 0.15) is 10.6 Å². The lowest BCUT2D eigenvalue weighted by Crippen LogP contribution is -2.14. The maximum Gasteiger partial charge on any atom is 0.279 e. The quantitative estimate of drug-likeness (QED) is 0.784. The Morgan fingerprint density at radius 3 is 2.85 bits per heavy atom. The highest BCUT2D eigenvalue weighted by Crippen LogP contribution is 2.29. The van der Waals surface area contributed by atoms with Crippen LogP contribution in [0.4, 0.5) is 5.82 Å². The number of hydrogen-bond donors (Lipinski definition) is 1. The van der Waals surface area contributed by atoms with E-state index in [0.29, 0.717) is 11.6 Å². The SMILES string of the molecule is Cc1cc(C)c2c(NC(=O)c3ncoc3C)nsc2n1. The third-order valence-electron chi connectivity index (χ3n) is 2.96. The Kier molecular flexibility index (Phi) is 2.98. The number of anilines is 1. The number of rotatable bonds is 2. The Morgan fingerprint density at radius 1 is 1.35 bits per heavy atom. The standard InChI is InChI=1S/C13H12N4O2S/c1-6-4-7(2)15-13-9(6)11(17-20-13)16-12(18)10-8(3)19-5-14-10/h4-5H,1-3H3,(H,16,17,18). The lowest BCUT2D eigenvalue weighted by molar-refractivity contribution is 0.102. The zero-order chi connectivity index (χ0) is 14.3. The summed E-state index contributed by atoms with van der Waals surface area (Å²) in [5.74, 6) is 0.665. The van der Waals surface area contributed by atoms with Crippen molar-refractivity contribution in [3.05, 3.63) is 35.2 Å². The molecule has 1 amide bonds. The predicted molar refractivity (Wildman–Crippen MR) is 76.1 cm³/mol. The average molecular weight is 288 g/mol. The van der Waals surface area contributed by atoms with Crippen molar-refractivity contribution in [1.29, 1.82) is 0 Å². The molecule has 0 aliphatic rings. The zero-order valence-corrected chi connectivity index (χ0v) is 12.0. The molecule has 3 rings (SSSR count). The van der Waals surface area contributed by atoms with Crippen LogP contribution in [0, 0.1) is 20.8 Å². The van der Waals surface area contributed by atoms with Gasteiger partial charge in [0, 0.05) is 5.69 Å². The Hall–Kier alpha value is -2.28. The largest absolute Gasteiger partial charge is 0.448 e. The van der Waals surface area contributed by atoms with E-state index >= 15 is 0 Å². The molecule has 1 N–H and O–H groups in total. The van der Waals surface area contributed by atoms with Gasteiger partial charge in [-0.2, -0.15) is 4.37 Å². The fourth-order valence-corrected chi connectivity index (χ4v) is 2.91. The molecule has 6 nitrogen and oxygen atoms in total. The van der Waals surface area contributed by atoms with E-state index in [4.69, 9.17) is 4.42 Å². The minimum absolute atomic E-state index is 0.267. The molecule has 0 unspecified atom stereocenters. The number of hydrogen-bond acceptors (Lipinski definition) is 6. The molecule has 0 aliphatic carbocycles. The summed E-state index contributed by atoms with van der Waals surface area (Å²) in [7, 11) is 0. The van der Waals surface area contributed by atoms with Crippen molar-refractivity contribution in [1.82, 2.24) is 14.3 Å². The van der Waals surface area contributed by atoms with Crippen LogP contribution in [-0.4, -0.2) is 20.2 Å². The van der Waals surface area contributed by atoms with E-state index in [1.807, 2.05) is 19.9 Å². The van der Waals surface area contributed by atoms with Crippen LogP contribution >= 0.6 is 11.5 Å². The van der Waals surface area contributed by atoms with Crippen LogP contribution < -0.4 is 5.32 Å². The second kappa shape index (κ2) is 4.68. The first kappa shape index (κ1) is 12.7. The van der Waals surface area contributed by atoms with Crippen molar-refractivity contribution < 1.29 is 9.21 Å². The smallest absolute Gasteiger partial charge is 0.279 e. The molecule has 0 radical (unpaired) electrons. The Morgan fingerprint density at radius 2 is 2.15 bits per heavy atom. The van der Waals surface area contributed by atoms with Crippen LogP contribution in [0.5, 0.6) is 0 Å². The predicted octanol–water partition coefficient (Wildman–Crippen LogP) is 2.86. The Balaban J connectivity index is 2.00. The van der Waals surface area contributed by atoms with Crippen molar-refractivity contribution in [2.45, 2.75) is 20.8 Å². The van der Waals surface area contributed by atoms with Gasteiger partial charge >= 0.3 is 0 Å². The molecule has 20 heavy (non-hydrogen) atoms. The van der Waals surface area contributed by atoms with Gasteiger partial charge in [-0.05, 0) is 43.9 Å². The molecule has 7 heteroatoms. The van der Waals surface area contributed by atoms with Gasteiger partial charge in [0.25, 0.3) is 5.91 Å². The summed E-state index contributed by atoms with van der Waals surface area (Å²) in [6.45, 7) is 5.60. The van der Waals surface area contributed by atoms with Gasteiger partial charge in [0.05, 0.1) is 5.39 Å². The summed E-state index contributed by atoms with van der Waals surface area (Å²) in [6.07, 6.45) is 1.25. The first-order valence-electron chi connectivity index (χ1n) is 6.01. The summed E-state index contributed by atoms with van der Waals surface area (Å²) >= 11 is 1.27. The number of aryl methyl sites for hydroxylation is 3. The number of fused-ring (bicyclic) bond motifs is 1. The minimum atomic E-state index is -0.330. The van der Waals surface area contributed by atoms with E-state index in [1.165, 1.54) is 17.9 Å². The topological polar surface area (TPSA) is 80.9 Å². The van der Waals surface area contributed by atoms with E-state index in [-0.39, 0.29) is 11.6 Å². The fourth-order valence-electron chi connectivity index (χ4n) is 2.07. The molecule has 0 saturated carbocycles. The van der Waals surface area contributed by atoms with Crippen LogP contribution in [0.25, 0.3) is 10.2 Å². The monoisotopic (exact) mass is 288 g/mol. The second-order valence-corrected chi connectivity index (χ2v) is 5.25. The average Bonchev–Trinajstić information content (AvgIpc) is 2.96. The van der Waals surface area contributed by atoms with Gasteiger partial charge in [-0.1, -0.05) is 0 Å². The van der Waals surface area contributed by atoms with E-state index in [2.05, 4.69) is 19.7 Å². The van der Waals surface area contributed by atoms with Crippen molar-refractivity contribution in [2.75, 3.05) is 5.32 Å². The van der Waals surface area contributed by atoms with E-state index in [0.717, 1.165) is 21.5 Å². The minimum Gasteiger partial charge on any atom is -0.448 e. The third kappa shape index (κ3) is 2.05. The molecule has 3 heterocycles. The molecule has 0 bridgehead atoms. The molecule has 0 saturated heterocycles. The fraction of sp³-hybridized carbons (Fsp3) is 0.231. The van der Waals surface area contributed by atoms with Gasteiger partial charge in [-0.3, -0.25) is 4.79 Å².